The Morgan fingerprint density at radius 3 is 3.05 bits per heavy atom. The number of hydrogen-bond donors (Lipinski definition) is 1. The lowest BCUT2D eigenvalue weighted by Crippen LogP contribution is -2.41. The molecule has 0 aliphatic carbocycles. The lowest BCUT2D eigenvalue weighted by Gasteiger charge is -2.28. The molecule has 3 rings (SSSR count). The monoisotopic (exact) mass is 344 g/mol. The fraction of sp³-hybridized carbons (Fsp3) is 0.500. The summed E-state index contributed by atoms with van der Waals surface area (Å²) >= 11 is 9.21. The fourth-order valence-electron chi connectivity index (χ4n) is 2.24. The number of ether oxygens (including phenoxy) is 1. The summed E-state index contributed by atoms with van der Waals surface area (Å²) in [4.78, 5) is 6.79. The van der Waals surface area contributed by atoms with Crippen LogP contribution in [-0.2, 0) is 4.74 Å². The minimum absolute atomic E-state index is 0.344. The highest BCUT2D eigenvalue weighted by atomic mass is 35.5. The molecule has 1 aromatic carbocycles. The van der Waals surface area contributed by atoms with Crippen molar-refractivity contribution in [3.8, 4) is 0 Å². The summed E-state index contributed by atoms with van der Waals surface area (Å²) in [5.74, 6) is 0.658. The van der Waals surface area contributed by atoms with Crippen LogP contribution in [-0.4, -0.2) is 59.7 Å². The third-order valence-corrected chi connectivity index (χ3v) is 5.86. The molecule has 21 heavy (non-hydrogen) atoms. The quantitative estimate of drug-likeness (QED) is 0.845. The van der Waals surface area contributed by atoms with Gasteiger partial charge in [0, 0.05) is 30.4 Å². The molecule has 114 valence electrons. The standard InChI is InChI=1S/C14H17ClN2O2S2/c15-10-1-2-13-12(7-10)16-14(21-13)20-9-11(18)8-17-3-5-19-6-4-17/h1-2,7,11,18H,3-6,8-9H2. The topological polar surface area (TPSA) is 45.6 Å². The molecule has 1 aromatic heterocycles. The van der Waals surface area contributed by atoms with Gasteiger partial charge in [-0.15, -0.1) is 11.3 Å². The highest BCUT2D eigenvalue weighted by Gasteiger charge is 2.15. The summed E-state index contributed by atoms with van der Waals surface area (Å²) in [5.41, 5.74) is 0.928. The van der Waals surface area contributed by atoms with E-state index in [1.165, 1.54) is 0 Å². The van der Waals surface area contributed by atoms with Crippen LogP contribution in [0.3, 0.4) is 0 Å². The number of aromatic nitrogens is 1. The van der Waals surface area contributed by atoms with Crippen LogP contribution in [0.15, 0.2) is 22.5 Å². The molecule has 2 aromatic rings. The molecule has 0 amide bonds. The van der Waals surface area contributed by atoms with Gasteiger partial charge in [-0.25, -0.2) is 4.98 Å². The van der Waals surface area contributed by atoms with Gasteiger partial charge in [0.1, 0.15) is 0 Å². The Bertz CT molecular complexity index is 602. The number of morpholine rings is 1. The number of β-amino-alcohol motifs (C(OH)–C–C–N with tert-alkyl or cyclic N) is 1. The van der Waals surface area contributed by atoms with Gasteiger partial charge in [0.2, 0.25) is 0 Å². The Morgan fingerprint density at radius 2 is 2.24 bits per heavy atom. The zero-order valence-electron chi connectivity index (χ0n) is 11.5. The molecular formula is C14H17ClN2O2S2. The minimum atomic E-state index is -0.344. The van der Waals surface area contributed by atoms with Crippen LogP contribution in [0, 0.1) is 0 Å². The van der Waals surface area contributed by atoms with Crippen molar-refractivity contribution in [2.75, 3.05) is 38.6 Å². The van der Waals surface area contributed by atoms with Crippen LogP contribution >= 0.6 is 34.7 Å². The number of fused-ring (bicyclic) bond motifs is 1. The molecule has 0 bridgehead atoms. The van der Waals surface area contributed by atoms with Crippen LogP contribution in [0.4, 0.5) is 0 Å². The fourth-order valence-corrected chi connectivity index (χ4v) is 4.40. The van der Waals surface area contributed by atoms with Gasteiger partial charge in [-0.2, -0.15) is 0 Å². The molecule has 0 radical (unpaired) electrons. The lowest BCUT2D eigenvalue weighted by atomic mass is 10.3. The third kappa shape index (κ3) is 4.31. The number of nitrogens with zero attached hydrogens (tertiary/aromatic N) is 2. The summed E-state index contributed by atoms with van der Waals surface area (Å²) in [6, 6.07) is 5.74. The molecule has 7 heteroatoms. The molecule has 4 nitrogen and oxygen atoms in total. The number of hydrogen-bond acceptors (Lipinski definition) is 6. The van der Waals surface area contributed by atoms with Crippen molar-refractivity contribution in [3.05, 3.63) is 23.2 Å². The zero-order valence-corrected chi connectivity index (χ0v) is 13.9. The molecule has 0 spiro atoms. The predicted octanol–water partition coefficient (Wildman–Crippen LogP) is 2.73. The maximum atomic E-state index is 10.1. The number of aliphatic hydroxyl groups is 1. The number of thiazole rings is 1. The SMILES string of the molecule is OC(CSc1nc2cc(Cl)ccc2s1)CN1CCOCC1. The maximum absolute atomic E-state index is 10.1. The molecule has 1 atom stereocenters. The second-order valence-electron chi connectivity index (χ2n) is 4.97. The van der Waals surface area contributed by atoms with Crippen molar-refractivity contribution in [1.29, 1.82) is 0 Å². The number of thioether (sulfide) groups is 1. The second-order valence-corrected chi connectivity index (χ2v) is 7.70. The minimum Gasteiger partial charge on any atom is -0.391 e. The Hall–Kier alpha value is -0.370. The van der Waals surface area contributed by atoms with Crippen molar-refractivity contribution >= 4 is 44.9 Å². The average molecular weight is 345 g/mol. The number of aliphatic hydroxyl groups excluding tert-OH is 1. The highest BCUT2D eigenvalue weighted by Crippen LogP contribution is 2.31. The molecule has 1 aliphatic rings. The lowest BCUT2D eigenvalue weighted by molar-refractivity contribution is 0.0188. The van der Waals surface area contributed by atoms with E-state index in [-0.39, 0.29) is 6.10 Å². The van der Waals surface area contributed by atoms with Crippen LogP contribution in [0.5, 0.6) is 0 Å². The first-order valence-electron chi connectivity index (χ1n) is 6.88. The van der Waals surface area contributed by atoms with Gasteiger partial charge in [-0.05, 0) is 18.2 Å². The van der Waals surface area contributed by atoms with Crippen LogP contribution in [0.25, 0.3) is 10.2 Å². The van der Waals surface area contributed by atoms with E-state index in [0.717, 1.165) is 40.9 Å². The second kappa shape index (κ2) is 7.26. The number of rotatable bonds is 5. The van der Waals surface area contributed by atoms with Gasteiger partial charge >= 0.3 is 0 Å². The molecule has 2 heterocycles. The van der Waals surface area contributed by atoms with E-state index >= 15 is 0 Å². The van der Waals surface area contributed by atoms with Crippen LogP contribution in [0.1, 0.15) is 0 Å². The van der Waals surface area contributed by atoms with Crippen molar-refractivity contribution in [3.63, 3.8) is 0 Å². The first-order valence-corrected chi connectivity index (χ1v) is 9.06. The van der Waals surface area contributed by atoms with Gasteiger partial charge < -0.3 is 9.84 Å². The normalized spacial score (nSPS) is 18.2. The first-order chi connectivity index (χ1) is 10.2. The van der Waals surface area contributed by atoms with Crippen LogP contribution in [0.2, 0.25) is 5.02 Å². The van der Waals surface area contributed by atoms with E-state index < -0.39 is 0 Å². The molecule has 1 unspecified atom stereocenters. The third-order valence-electron chi connectivity index (χ3n) is 3.30. The smallest absolute Gasteiger partial charge is 0.151 e. The first kappa shape index (κ1) is 15.5. The average Bonchev–Trinajstić information content (AvgIpc) is 2.88. The van der Waals surface area contributed by atoms with E-state index in [1.54, 1.807) is 23.1 Å². The van der Waals surface area contributed by atoms with Gasteiger partial charge in [0.25, 0.3) is 0 Å². The van der Waals surface area contributed by atoms with E-state index in [1.807, 2.05) is 18.2 Å². The van der Waals surface area contributed by atoms with Crippen molar-refractivity contribution in [1.82, 2.24) is 9.88 Å². The molecule has 1 N–H and O–H groups in total. The van der Waals surface area contributed by atoms with E-state index in [4.69, 9.17) is 16.3 Å². The zero-order chi connectivity index (χ0) is 14.7. The molecular weight excluding hydrogens is 328 g/mol. The summed E-state index contributed by atoms with van der Waals surface area (Å²) < 4.78 is 7.42. The number of halogens is 1. The van der Waals surface area contributed by atoms with Gasteiger partial charge in [-0.1, -0.05) is 23.4 Å². The Kier molecular flexibility index (Phi) is 5.37. The van der Waals surface area contributed by atoms with Crippen molar-refractivity contribution < 1.29 is 9.84 Å². The Labute approximate surface area is 137 Å². The molecule has 1 aliphatic heterocycles. The maximum Gasteiger partial charge on any atom is 0.151 e. The van der Waals surface area contributed by atoms with E-state index in [0.29, 0.717) is 17.3 Å². The predicted molar refractivity (Wildman–Crippen MR) is 88.6 cm³/mol. The largest absolute Gasteiger partial charge is 0.391 e. The van der Waals surface area contributed by atoms with E-state index in [2.05, 4.69) is 9.88 Å². The van der Waals surface area contributed by atoms with Crippen LogP contribution < -0.4 is 0 Å². The molecule has 1 saturated heterocycles. The van der Waals surface area contributed by atoms with E-state index in [9.17, 15) is 5.11 Å². The molecule has 0 saturated carbocycles. The van der Waals surface area contributed by atoms with Crippen molar-refractivity contribution in [2.45, 2.75) is 10.4 Å². The Morgan fingerprint density at radius 1 is 1.43 bits per heavy atom. The highest BCUT2D eigenvalue weighted by molar-refractivity contribution is 8.01. The Balaban J connectivity index is 1.53. The summed E-state index contributed by atoms with van der Waals surface area (Å²) in [6.07, 6.45) is -0.344. The van der Waals surface area contributed by atoms with Gasteiger partial charge in [-0.3, -0.25) is 4.90 Å². The number of benzene rings is 1. The van der Waals surface area contributed by atoms with Crippen molar-refractivity contribution in [2.24, 2.45) is 0 Å². The summed E-state index contributed by atoms with van der Waals surface area (Å²) in [6.45, 7) is 4.03. The summed E-state index contributed by atoms with van der Waals surface area (Å²) in [5, 5.41) is 10.8. The van der Waals surface area contributed by atoms with Gasteiger partial charge in [0.05, 0.1) is 29.5 Å². The molecule has 1 fully saturated rings. The summed E-state index contributed by atoms with van der Waals surface area (Å²) in [7, 11) is 0. The van der Waals surface area contributed by atoms with Gasteiger partial charge in [0.15, 0.2) is 4.34 Å².